The molecule has 5 heteroatoms. The van der Waals surface area contributed by atoms with Gasteiger partial charge in [0, 0.05) is 17.7 Å². The topological polar surface area (TPSA) is 67.4 Å². The van der Waals surface area contributed by atoms with Crippen molar-refractivity contribution >= 4 is 17.5 Å². The Morgan fingerprint density at radius 1 is 1.04 bits per heavy atom. The van der Waals surface area contributed by atoms with E-state index >= 15 is 0 Å². The molecule has 25 heavy (non-hydrogen) atoms. The van der Waals surface area contributed by atoms with Crippen LogP contribution in [-0.4, -0.2) is 25.5 Å². The fourth-order valence-corrected chi connectivity index (χ4v) is 2.33. The molecule has 2 N–H and O–H groups in total. The molecule has 0 heterocycles. The molecule has 0 bridgehead atoms. The van der Waals surface area contributed by atoms with Crippen molar-refractivity contribution in [2.75, 3.05) is 19.0 Å². The molecule has 2 rings (SSSR count). The van der Waals surface area contributed by atoms with E-state index in [2.05, 4.69) is 24.5 Å². The molecule has 2 aromatic carbocycles. The summed E-state index contributed by atoms with van der Waals surface area (Å²) in [5.41, 5.74) is 1.48. The van der Waals surface area contributed by atoms with Crippen molar-refractivity contribution in [3.05, 3.63) is 59.7 Å². The van der Waals surface area contributed by atoms with Crippen LogP contribution in [0, 0.1) is 5.92 Å². The molecule has 0 fully saturated rings. The number of ether oxygens (including phenoxy) is 1. The zero-order chi connectivity index (χ0) is 18.2. The van der Waals surface area contributed by atoms with Gasteiger partial charge >= 0.3 is 6.03 Å². The van der Waals surface area contributed by atoms with E-state index in [1.165, 1.54) is 0 Å². The molecule has 0 saturated carbocycles. The number of hydrogen-bond acceptors (Lipinski definition) is 3. The van der Waals surface area contributed by atoms with Crippen molar-refractivity contribution in [2.24, 2.45) is 5.92 Å². The van der Waals surface area contributed by atoms with Gasteiger partial charge in [-0.1, -0.05) is 26.0 Å². The number of para-hydroxylation sites is 1. The minimum absolute atomic E-state index is 0.152. The zero-order valence-electron chi connectivity index (χ0n) is 14.8. The average molecular weight is 340 g/mol. The number of methoxy groups -OCH3 is 1. The van der Waals surface area contributed by atoms with Gasteiger partial charge in [-0.2, -0.15) is 0 Å². The Bertz CT molecular complexity index is 724. The van der Waals surface area contributed by atoms with Crippen molar-refractivity contribution < 1.29 is 14.3 Å². The number of benzene rings is 2. The highest BCUT2D eigenvalue weighted by molar-refractivity contribution is 6.13. The maximum atomic E-state index is 12.7. The predicted octanol–water partition coefficient (Wildman–Crippen LogP) is 4.09. The number of nitrogens with one attached hydrogen (secondary N) is 2. The third-order valence-electron chi connectivity index (χ3n) is 3.78. The Morgan fingerprint density at radius 2 is 1.72 bits per heavy atom. The first kappa shape index (κ1) is 18.5. The number of hydrogen-bond donors (Lipinski definition) is 2. The van der Waals surface area contributed by atoms with Crippen LogP contribution in [0.5, 0.6) is 5.75 Å². The molecule has 2 amide bonds. The summed E-state index contributed by atoms with van der Waals surface area (Å²) in [5, 5.41) is 5.57. The fourth-order valence-electron chi connectivity index (χ4n) is 2.33. The Kier molecular flexibility index (Phi) is 6.57. The quantitative estimate of drug-likeness (QED) is 0.746. The van der Waals surface area contributed by atoms with Crippen molar-refractivity contribution in [3.63, 3.8) is 0 Å². The molecular formula is C20H24N2O3. The lowest BCUT2D eigenvalue weighted by Gasteiger charge is -2.12. The number of anilines is 1. The molecule has 0 aromatic heterocycles. The van der Waals surface area contributed by atoms with Crippen LogP contribution >= 0.6 is 0 Å². The van der Waals surface area contributed by atoms with Gasteiger partial charge in [0.15, 0.2) is 5.78 Å². The number of amides is 2. The van der Waals surface area contributed by atoms with Gasteiger partial charge in [-0.3, -0.25) is 4.79 Å². The largest absolute Gasteiger partial charge is 0.497 e. The summed E-state index contributed by atoms with van der Waals surface area (Å²) in [5.74, 6) is 1.05. The van der Waals surface area contributed by atoms with Crippen LogP contribution in [0.25, 0.3) is 0 Å². The molecule has 0 atom stereocenters. The molecule has 0 unspecified atom stereocenters. The number of carbonyl (C=O) groups is 2. The standard InChI is InChI=1S/C20H24N2O3/c1-14(2)12-13-21-20(24)22-18-7-5-4-6-17(18)19(23)15-8-10-16(25-3)11-9-15/h4-11,14H,12-13H2,1-3H3,(H2,21,22,24). The second kappa shape index (κ2) is 8.87. The lowest BCUT2D eigenvalue weighted by molar-refractivity contribution is 0.103. The van der Waals surface area contributed by atoms with E-state index in [0.29, 0.717) is 35.0 Å². The van der Waals surface area contributed by atoms with Crippen LogP contribution in [0.2, 0.25) is 0 Å². The van der Waals surface area contributed by atoms with E-state index in [0.717, 1.165) is 6.42 Å². The van der Waals surface area contributed by atoms with Gasteiger partial charge in [0.2, 0.25) is 0 Å². The van der Waals surface area contributed by atoms with Gasteiger partial charge in [0.25, 0.3) is 0 Å². The van der Waals surface area contributed by atoms with Crippen LogP contribution < -0.4 is 15.4 Å². The minimum atomic E-state index is -0.310. The van der Waals surface area contributed by atoms with Gasteiger partial charge < -0.3 is 15.4 Å². The highest BCUT2D eigenvalue weighted by Gasteiger charge is 2.15. The SMILES string of the molecule is COc1ccc(C(=O)c2ccccc2NC(=O)NCCC(C)C)cc1. The first-order valence-corrected chi connectivity index (χ1v) is 8.34. The highest BCUT2D eigenvalue weighted by Crippen LogP contribution is 2.21. The second-order valence-corrected chi connectivity index (χ2v) is 6.17. The summed E-state index contributed by atoms with van der Waals surface area (Å²) in [6.07, 6.45) is 0.903. The van der Waals surface area contributed by atoms with E-state index in [4.69, 9.17) is 4.74 Å². The summed E-state index contributed by atoms with van der Waals surface area (Å²) >= 11 is 0. The number of carbonyl (C=O) groups excluding carboxylic acids is 2. The fraction of sp³-hybridized carbons (Fsp3) is 0.300. The van der Waals surface area contributed by atoms with Gasteiger partial charge in [-0.25, -0.2) is 4.79 Å². The first-order chi connectivity index (χ1) is 12.0. The van der Waals surface area contributed by atoms with Gasteiger partial charge in [0.05, 0.1) is 12.8 Å². The summed E-state index contributed by atoms with van der Waals surface area (Å²) in [6, 6.07) is 13.6. The van der Waals surface area contributed by atoms with E-state index in [1.54, 1.807) is 55.6 Å². The molecule has 2 aromatic rings. The van der Waals surface area contributed by atoms with E-state index in [9.17, 15) is 9.59 Å². The van der Waals surface area contributed by atoms with E-state index in [-0.39, 0.29) is 11.8 Å². The number of ketones is 1. The molecule has 132 valence electrons. The molecule has 0 aliphatic heterocycles. The van der Waals surface area contributed by atoms with Gasteiger partial charge in [-0.15, -0.1) is 0 Å². The lowest BCUT2D eigenvalue weighted by atomic mass is 10.0. The summed E-state index contributed by atoms with van der Waals surface area (Å²) in [7, 11) is 1.58. The van der Waals surface area contributed by atoms with Crippen LogP contribution in [0.15, 0.2) is 48.5 Å². The number of urea groups is 1. The third-order valence-corrected chi connectivity index (χ3v) is 3.78. The molecule has 0 radical (unpaired) electrons. The summed E-state index contributed by atoms with van der Waals surface area (Å²) in [6.45, 7) is 4.79. The lowest BCUT2D eigenvalue weighted by Crippen LogP contribution is -2.30. The van der Waals surface area contributed by atoms with E-state index in [1.807, 2.05) is 0 Å². The van der Waals surface area contributed by atoms with Crippen LogP contribution in [0.4, 0.5) is 10.5 Å². The second-order valence-electron chi connectivity index (χ2n) is 6.17. The van der Waals surface area contributed by atoms with Gasteiger partial charge in [0.1, 0.15) is 5.75 Å². The Hall–Kier alpha value is -2.82. The molecular weight excluding hydrogens is 316 g/mol. The molecule has 0 saturated heterocycles. The predicted molar refractivity (Wildman–Crippen MR) is 99.3 cm³/mol. The monoisotopic (exact) mass is 340 g/mol. The Balaban J connectivity index is 2.11. The Labute approximate surface area is 148 Å². The van der Waals surface area contributed by atoms with Crippen molar-refractivity contribution in [2.45, 2.75) is 20.3 Å². The summed E-state index contributed by atoms with van der Waals surface area (Å²) < 4.78 is 5.11. The minimum Gasteiger partial charge on any atom is -0.497 e. The molecule has 0 aliphatic rings. The van der Waals surface area contributed by atoms with Crippen molar-refractivity contribution in [3.8, 4) is 5.75 Å². The molecule has 0 spiro atoms. The molecule has 5 nitrogen and oxygen atoms in total. The van der Waals surface area contributed by atoms with Crippen LogP contribution in [0.3, 0.4) is 0 Å². The zero-order valence-corrected chi connectivity index (χ0v) is 14.8. The van der Waals surface area contributed by atoms with Crippen molar-refractivity contribution in [1.82, 2.24) is 5.32 Å². The first-order valence-electron chi connectivity index (χ1n) is 8.34. The normalized spacial score (nSPS) is 10.4. The maximum Gasteiger partial charge on any atom is 0.319 e. The maximum absolute atomic E-state index is 12.7. The van der Waals surface area contributed by atoms with E-state index < -0.39 is 0 Å². The summed E-state index contributed by atoms with van der Waals surface area (Å²) in [4.78, 5) is 24.8. The highest BCUT2D eigenvalue weighted by atomic mass is 16.5. The third kappa shape index (κ3) is 5.35. The number of rotatable bonds is 7. The van der Waals surface area contributed by atoms with Crippen molar-refractivity contribution in [1.29, 1.82) is 0 Å². The Morgan fingerprint density at radius 3 is 2.36 bits per heavy atom. The molecule has 0 aliphatic carbocycles. The average Bonchev–Trinajstić information content (AvgIpc) is 2.61. The van der Waals surface area contributed by atoms with Crippen LogP contribution in [0.1, 0.15) is 36.2 Å². The smallest absolute Gasteiger partial charge is 0.319 e. The van der Waals surface area contributed by atoms with Gasteiger partial charge in [-0.05, 0) is 48.7 Å². The van der Waals surface area contributed by atoms with Crippen LogP contribution in [-0.2, 0) is 0 Å².